The van der Waals surface area contributed by atoms with Crippen molar-refractivity contribution in [3.8, 4) is 0 Å². The predicted molar refractivity (Wildman–Crippen MR) is 86.6 cm³/mol. The molecule has 1 aliphatic heterocycles. The molecule has 1 saturated carbocycles. The fourth-order valence-corrected chi connectivity index (χ4v) is 3.94. The summed E-state index contributed by atoms with van der Waals surface area (Å²) in [6.45, 7) is 6.68. The molecule has 2 aliphatic rings. The molecule has 1 aromatic rings. The summed E-state index contributed by atoms with van der Waals surface area (Å²) in [5.74, 6) is 1.62. The van der Waals surface area contributed by atoms with Gasteiger partial charge in [0, 0.05) is 25.6 Å². The van der Waals surface area contributed by atoms with E-state index in [1.807, 2.05) is 24.8 Å². The summed E-state index contributed by atoms with van der Waals surface area (Å²) in [4.78, 5) is 14.6. The Labute approximate surface area is 137 Å². The quantitative estimate of drug-likeness (QED) is 0.783. The number of aryl methyl sites for hydroxylation is 2. The number of carbonyl (C=O) groups is 1. The van der Waals surface area contributed by atoms with Crippen LogP contribution < -0.4 is 0 Å². The topological polar surface area (TPSA) is 51.9 Å². The lowest BCUT2D eigenvalue weighted by molar-refractivity contribution is -0.139. The summed E-state index contributed by atoms with van der Waals surface area (Å²) in [6, 6.07) is 1.85. The van der Waals surface area contributed by atoms with Crippen LogP contribution in [0.2, 0.25) is 0 Å². The Balaban J connectivity index is 1.56. The van der Waals surface area contributed by atoms with Crippen molar-refractivity contribution in [1.82, 2.24) is 4.90 Å². The second kappa shape index (κ2) is 6.65. The molecule has 0 aromatic carbocycles. The molecule has 0 bridgehead atoms. The number of likely N-dealkylation sites (tertiary alicyclic amines) is 1. The van der Waals surface area contributed by atoms with Gasteiger partial charge in [-0.15, -0.1) is 0 Å². The summed E-state index contributed by atoms with van der Waals surface area (Å²) in [6.07, 6.45) is 4.76. The number of hydrogen-bond acceptors (Lipinski definition) is 4. The lowest BCUT2D eigenvalue weighted by atomic mass is 9.60. The fourth-order valence-electron chi connectivity index (χ4n) is 3.94. The van der Waals surface area contributed by atoms with Crippen LogP contribution in [-0.2, 0) is 9.47 Å². The zero-order valence-corrected chi connectivity index (χ0v) is 14.4. The van der Waals surface area contributed by atoms with Gasteiger partial charge in [-0.3, -0.25) is 4.79 Å². The molecule has 1 aliphatic carbocycles. The maximum absolute atomic E-state index is 12.7. The van der Waals surface area contributed by atoms with E-state index in [0.717, 1.165) is 43.9 Å². The molecule has 1 spiro atoms. The van der Waals surface area contributed by atoms with Crippen LogP contribution in [0, 0.1) is 19.3 Å². The second-order valence-corrected chi connectivity index (χ2v) is 6.87. The molecule has 5 nitrogen and oxygen atoms in total. The highest BCUT2D eigenvalue weighted by Gasteiger charge is 2.49. The third-order valence-corrected chi connectivity index (χ3v) is 5.51. The van der Waals surface area contributed by atoms with Gasteiger partial charge in [-0.2, -0.15) is 0 Å². The minimum Gasteiger partial charge on any atom is -0.466 e. The molecule has 23 heavy (non-hydrogen) atoms. The first kappa shape index (κ1) is 16.5. The van der Waals surface area contributed by atoms with Crippen LogP contribution in [0.15, 0.2) is 10.5 Å². The van der Waals surface area contributed by atoms with Crippen LogP contribution in [0.25, 0.3) is 0 Å². The Bertz CT molecular complexity index is 557. The molecule has 3 rings (SSSR count). The standard InChI is InChI=1S/C18H27NO4/c1-13-12-15(14(2)23-13)17(20)19-8-6-18(7-9-19)5-4-16(18)22-11-10-21-3/h12,16H,4-11H2,1-3H3. The minimum absolute atomic E-state index is 0.102. The summed E-state index contributed by atoms with van der Waals surface area (Å²) >= 11 is 0. The number of carbonyl (C=O) groups excluding carboxylic acids is 1. The number of amides is 1. The molecule has 1 amide bonds. The molecule has 5 heteroatoms. The van der Waals surface area contributed by atoms with Gasteiger partial charge < -0.3 is 18.8 Å². The van der Waals surface area contributed by atoms with Gasteiger partial charge in [0.25, 0.3) is 5.91 Å². The number of nitrogens with zero attached hydrogens (tertiary/aromatic N) is 1. The first-order valence-electron chi connectivity index (χ1n) is 8.52. The second-order valence-electron chi connectivity index (χ2n) is 6.87. The third-order valence-electron chi connectivity index (χ3n) is 5.51. The lowest BCUT2D eigenvalue weighted by Gasteiger charge is -2.53. The Morgan fingerprint density at radius 1 is 1.30 bits per heavy atom. The summed E-state index contributed by atoms with van der Waals surface area (Å²) in [7, 11) is 1.70. The van der Waals surface area contributed by atoms with Gasteiger partial charge in [0.05, 0.1) is 24.9 Å². The smallest absolute Gasteiger partial charge is 0.257 e. The summed E-state index contributed by atoms with van der Waals surface area (Å²) in [5, 5.41) is 0. The Hall–Kier alpha value is -1.33. The van der Waals surface area contributed by atoms with Crippen molar-refractivity contribution in [3.63, 3.8) is 0 Å². The normalized spacial score (nSPS) is 23.1. The molecule has 1 unspecified atom stereocenters. The molecule has 2 heterocycles. The number of hydrogen-bond donors (Lipinski definition) is 0. The SMILES string of the molecule is COCCOC1CCC12CCN(C(=O)c1cc(C)oc1C)CC2. The maximum Gasteiger partial charge on any atom is 0.257 e. The zero-order valence-electron chi connectivity index (χ0n) is 14.4. The van der Waals surface area contributed by atoms with Crippen LogP contribution in [0.5, 0.6) is 0 Å². The third kappa shape index (κ3) is 3.17. The van der Waals surface area contributed by atoms with E-state index in [-0.39, 0.29) is 11.3 Å². The zero-order chi connectivity index (χ0) is 16.4. The van der Waals surface area contributed by atoms with Crippen molar-refractivity contribution in [2.75, 3.05) is 33.4 Å². The molecule has 1 aromatic heterocycles. The van der Waals surface area contributed by atoms with Crippen molar-refractivity contribution in [1.29, 1.82) is 0 Å². The Morgan fingerprint density at radius 3 is 2.57 bits per heavy atom. The van der Waals surface area contributed by atoms with Crippen LogP contribution in [0.3, 0.4) is 0 Å². The van der Waals surface area contributed by atoms with Gasteiger partial charge in [-0.05, 0) is 45.6 Å². The Kier molecular flexibility index (Phi) is 4.78. The monoisotopic (exact) mass is 321 g/mol. The van der Waals surface area contributed by atoms with Gasteiger partial charge in [-0.25, -0.2) is 0 Å². The van der Waals surface area contributed by atoms with Crippen LogP contribution in [-0.4, -0.2) is 50.3 Å². The van der Waals surface area contributed by atoms with E-state index in [4.69, 9.17) is 13.9 Å². The van der Waals surface area contributed by atoms with Crippen molar-refractivity contribution in [2.24, 2.45) is 5.41 Å². The molecular formula is C18H27NO4. The van der Waals surface area contributed by atoms with E-state index in [2.05, 4.69) is 0 Å². The van der Waals surface area contributed by atoms with Crippen LogP contribution in [0.4, 0.5) is 0 Å². The fraction of sp³-hybridized carbons (Fsp3) is 0.722. The van der Waals surface area contributed by atoms with Gasteiger partial charge in [0.1, 0.15) is 11.5 Å². The van der Waals surface area contributed by atoms with E-state index >= 15 is 0 Å². The molecule has 1 atom stereocenters. The van der Waals surface area contributed by atoms with Crippen molar-refractivity contribution in [3.05, 3.63) is 23.2 Å². The van der Waals surface area contributed by atoms with E-state index in [1.165, 1.54) is 6.42 Å². The van der Waals surface area contributed by atoms with Gasteiger partial charge in [0.2, 0.25) is 0 Å². The van der Waals surface area contributed by atoms with E-state index < -0.39 is 0 Å². The lowest BCUT2D eigenvalue weighted by Crippen LogP contribution is -2.54. The van der Waals surface area contributed by atoms with Gasteiger partial charge in [0.15, 0.2) is 0 Å². The van der Waals surface area contributed by atoms with Crippen molar-refractivity contribution < 1.29 is 18.7 Å². The number of rotatable bonds is 5. The van der Waals surface area contributed by atoms with E-state index in [9.17, 15) is 4.79 Å². The highest BCUT2D eigenvalue weighted by atomic mass is 16.5. The average Bonchev–Trinajstić information content (AvgIpc) is 2.88. The van der Waals surface area contributed by atoms with E-state index in [1.54, 1.807) is 7.11 Å². The largest absolute Gasteiger partial charge is 0.466 e. The van der Waals surface area contributed by atoms with E-state index in [0.29, 0.717) is 24.9 Å². The molecule has 2 fully saturated rings. The van der Waals surface area contributed by atoms with Crippen LogP contribution >= 0.6 is 0 Å². The number of ether oxygens (including phenoxy) is 2. The van der Waals surface area contributed by atoms with Gasteiger partial charge in [-0.1, -0.05) is 0 Å². The number of methoxy groups -OCH3 is 1. The maximum atomic E-state index is 12.7. The first-order valence-corrected chi connectivity index (χ1v) is 8.52. The van der Waals surface area contributed by atoms with Crippen molar-refractivity contribution >= 4 is 5.91 Å². The predicted octanol–water partition coefficient (Wildman–Crippen LogP) is 2.94. The molecule has 0 radical (unpaired) electrons. The van der Waals surface area contributed by atoms with Crippen molar-refractivity contribution in [2.45, 2.75) is 45.6 Å². The number of piperidine rings is 1. The van der Waals surface area contributed by atoms with Gasteiger partial charge >= 0.3 is 0 Å². The number of furan rings is 1. The average molecular weight is 321 g/mol. The molecular weight excluding hydrogens is 294 g/mol. The Morgan fingerprint density at radius 2 is 2.04 bits per heavy atom. The molecule has 128 valence electrons. The molecule has 1 saturated heterocycles. The first-order chi connectivity index (χ1) is 11.1. The highest BCUT2D eigenvalue weighted by Crippen LogP contribution is 2.50. The highest BCUT2D eigenvalue weighted by molar-refractivity contribution is 5.95. The summed E-state index contributed by atoms with van der Waals surface area (Å²) in [5.41, 5.74) is 0.992. The molecule has 0 N–H and O–H groups in total. The minimum atomic E-state index is 0.102. The summed E-state index contributed by atoms with van der Waals surface area (Å²) < 4.78 is 16.5. The van der Waals surface area contributed by atoms with Crippen LogP contribution in [0.1, 0.15) is 47.6 Å².